The van der Waals surface area contributed by atoms with Gasteiger partial charge >= 0.3 is 0 Å². The van der Waals surface area contributed by atoms with Gasteiger partial charge in [0.2, 0.25) is 0 Å². The first-order valence-corrected chi connectivity index (χ1v) is 10.5. The Morgan fingerprint density at radius 1 is 0.893 bits per heavy atom. The third kappa shape index (κ3) is 3.51. The van der Waals surface area contributed by atoms with Crippen molar-refractivity contribution in [2.24, 2.45) is 0 Å². The van der Waals surface area contributed by atoms with Crippen LogP contribution in [0, 0.1) is 20.8 Å². The third-order valence-electron chi connectivity index (χ3n) is 4.72. The Morgan fingerprint density at radius 2 is 1.64 bits per heavy atom. The maximum absolute atomic E-state index is 12.8. The SMILES string of the molecule is Cc1ccc(S(=O)(=O)Nc2cc(-c3cn4ccc(C)cc4n3)ccc2C)cc1. The van der Waals surface area contributed by atoms with Gasteiger partial charge in [-0.15, -0.1) is 0 Å². The van der Waals surface area contributed by atoms with Crippen molar-refractivity contribution in [2.75, 3.05) is 4.72 Å². The number of imidazole rings is 1. The number of fused-ring (bicyclic) bond motifs is 1. The van der Waals surface area contributed by atoms with E-state index in [1.165, 1.54) is 0 Å². The molecule has 5 nitrogen and oxygen atoms in total. The number of benzene rings is 2. The molecular formula is C22H21N3O2S. The molecule has 4 aromatic rings. The van der Waals surface area contributed by atoms with Crippen LogP contribution in [-0.4, -0.2) is 17.8 Å². The average Bonchev–Trinajstić information content (AvgIpc) is 3.07. The summed E-state index contributed by atoms with van der Waals surface area (Å²) in [7, 11) is -3.66. The molecule has 0 radical (unpaired) electrons. The van der Waals surface area contributed by atoms with E-state index in [2.05, 4.69) is 9.71 Å². The zero-order valence-electron chi connectivity index (χ0n) is 16.0. The summed E-state index contributed by atoms with van der Waals surface area (Å²) in [5.41, 5.74) is 6.05. The highest BCUT2D eigenvalue weighted by Crippen LogP contribution is 2.27. The minimum Gasteiger partial charge on any atom is -0.306 e. The molecule has 0 amide bonds. The Hall–Kier alpha value is -3.12. The molecule has 2 aromatic carbocycles. The van der Waals surface area contributed by atoms with Crippen LogP contribution in [0.15, 0.2) is 71.9 Å². The van der Waals surface area contributed by atoms with Crippen molar-refractivity contribution in [1.29, 1.82) is 0 Å². The summed E-state index contributed by atoms with van der Waals surface area (Å²) in [6.45, 7) is 5.83. The number of hydrogen-bond donors (Lipinski definition) is 1. The molecule has 4 rings (SSSR count). The molecule has 2 heterocycles. The van der Waals surface area contributed by atoms with Gasteiger partial charge in [-0.2, -0.15) is 0 Å². The molecule has 1 N–H and O–H groups in total. The number of hydrogen-bond acceptors (Lipinski definition) is 3. The van der Waals surface area contributed by atoms with E-state index in [0.29, 0.717) is 5.69 Å². The number of pyridine rings is 1. The Kier molecular flexibility index (Phi) is 4.43. The van der Waals surface area contributed by atoms with Gasteiger partial charge in [0.15, 0.2) is 0 Å². The van der Waals surface area contributed by atoms with Crippen molar-refractivity contribution in [3.05, 3.63) is 83.7 Å². The minimum absolute atomic E-state index is 0.242. The lowest BCUT2D eigenvalue weighted by molar-refractivity contribution is 0.601. The van der Waals surface area contributed by atoms with E-state index >= 15 is 0 Å². The number of anilines is 1. The normalized spacial score (nSPS) is 11.7. The average molecular weight is 391 g/mol. The van der Waals surface area contributed by atoms with Gasteiger partial charge in [-0.1, -0.05) is 29.8 Å². The molecule has 0 saturated heterocycles. The van der Waals surface area contributed by atoms with Crippen LogP contribution in [-0.2, 0) is 10.0 Å². The van der Waals surface area contributed by atoms with E-state index in [1.807, 2.05) is 67.9 Å². The van der Waals surface area contributed by atoms with Gasteiger partial charge in [0, 0.05) is 18.0 Å². The van der Waals surface area contributed by atoms with Gasteiger partial charge in [0.05, 0.1) is 16.3 Å². The molecule has 0 aliphatic rings. The molecule has 0 saturated carbocycles. The summed E-state index contributed by atoms with van der Waals surface area (Å²) < 4.78 is 30.2. The van der Waals surface area contributed by atoms with E-state index in [-0.39, 0.29) is 4.90 Å². The largest absolute Gasteiger partial charge is 0.306 e. The first kappa shape index (κ1) is 18.3. The van der Waals surface area contributed by atoms with Crippen molar-refractivity contribution in [2.45, 2.75) is 25.7 Å². The van der Waals surface area contributed by atoms with Crippen LogP contribution in [0.3, 0.4) is 0 Å². The molecule has 6 heteroatoms. The smallest absolute Gasteiger partial charge is 0.261 e. The molecular weight excluding hydrogens is 370 g/mol. The summed E-state index contributed by atoms with van der Waals surface area (Å²) in [6, 6.07) is 16.5. The first-order chi connectivity index (χ1) is 13.3. The zero-order valence-corrected chi connectivity index (χ0v) is 16.8. The van der Waals surface area contributed by atoms with Crippen LogP contribution in [0.5, 0.6) is 0 Å². The lowest BCUT2D eigenvalue weighted by Gasteiger charge is -2.12. The summed E-state index contributed by atoms with van der Waals surface area (Å²) in [5, 5.41) is 0. The van der Waals surface area contributed by atoms with E-state index in [4.69, 9.17) is 0 Å². The molecule has 0 bridgehead atoms. The van der Waals surface area contributed by atoms with E-state index < -0.39 is 10.0 Å². The van der Waals surface area contributed by atoms with Gasteiger partial charge < -0.3 is 4.40 Å². The number of nitrogens with one attached hydrogen (secondary N) is 1. The van der Waals surface area contributed by atoms with Crippen molar-refractivity contribution in [3.63, 3.8) is 0 Å². The van der Waals surface area contributed by atoms with Crippen LogP contribution < -0.4 is 4.72 Å². The van der Waals surface area contributed by atoms with Crippen LogP contribution in [0.4, 0.5) is 5.69 Å². The number of nitrogens with zero attached hydrogens (tertiary/aromatic N) is 2. The van der Waals surface area contributed by atoms with Crippen LogP contribution in [0.1, 0.15) is 16.7 Å². The summed E-state index contributed by atoms with van der Waals surface area (Å²) in [5.74, 6) is 0. The predicted molar refractivity (Wildman–Crippen MR) is 112 cm³/mol. The van der Waals surface area contributed by atoms with Crippen molar-refractivity contribution in [3.8, 4) is 11.3 Å². The van der Waals surface area contributed by atoms with Crippen LogP contribution in [0.2, 0.25) is 0 Å². The highest BCUT2D eigenvalue weighted by molar-refractivity contribution is 7.92. The molecule has 2 aromatic heterocycles. The Morgan fingerprint density at radius 3 is 2.39 bits per heavy atom. The van der Waals surface area contributed by atoms with E-state index in [0.717, 1.165) is 33.6 Å². The number of aromatic nitrogens is 2. The fourth-order valence-corrected chi connectivity index (χ4v) is 4.16. The Balaban J connectivity index is 1.71. The topological polar surface area (TPSA) is 63.5 Å². The van der Waals surface area contributed by atoms with Gasteiger partial charge in [0.1, 0.15) is 5.65 Å². The standard InChI is InChI=1S/C22H21N3O2S/c1-15-4-8-19(9-5-15)28(26,27)24-20-13-18(7-6-17(20)3)21-14-25-11-10-16(2)12-22(25)23-21/h4-14,24H,1-3H3. The molecule has 0 aliphatic heterocycles. The summed E-state index contributed by atoms with van der Waals surface area (Å²) in [4.78, 5) is 4.91. The molecule has 0 unspecified atom stereocenters. The molecule has 0 fully saturated rings. The Labute approximate surface area is 164 Å². The van der Waals surface area contributed by atoms with Gasteiger partial charge in [-0.25, -0.2) is 13.4 Å². The van der Waals surface area contributed by atoms with Crippen LogP contribution in [0.25, 0.3) is 16.9 Å². The van der Waals surface area contributed by atoms with Gasteiger partial charge in [-0.3, -0.25) is 4.72 Å². The predicted octanol–water partition coefficient (Wildman–Crippen LogP) is 4.73. The molecule has 0 atom stereocenters. The second kappa shape index (κ2) is 6.80. The molecule has 0 aliphatic carbocycles. The number of aryl methyl sites for hydroxylation is 3. The second-order valence-electron chi connectivity index (χ2n) is 7.04. The first-order valence-electron chi connectivity index (χ1n) is 8.98. The van der Waals surface area contributed by atoms with Gasteiger partial charge in [0.25, 0.3) is 10.0 Å². The van der Waals surface area contributed by atoms with Crippen molar-refractivity contribution >= 4 is 21.4 Å². The third-order valence-corrected chi connectivity index (χ3v) is 6.11. The van der Waals surface area contributed by atoms with Crippen LogP contribution >= 0.6 is 0 Å². The van der Waals surface area contributed by atoms with E-state index in [9.17, 15) is 8.42 Å². The lowest BCUT2D eigenvalue weighted by Crippen LogP contribution is -2.13. The second-order valence-corrected chi connectivity index (χ2v) is 8.73. The van der Waals surface area contributed by atoms with Crippen molar-refractivity contribution in [1.82, 2.24) is 9.38 Å². The zero-order chi connectivity index (χ0) is 19.9. The molecule has 142 valence electrons. The monoisotopic (exact) mass is 391 g/mol. The number of sulfonamides is 1. The quantitative estimate of drug-likeness (QED) is 0.547. The molecule has 28 heavy (non-hydrogen) atoms. The van der Waals surface area contributed by atoms with Crippen molar-refractivity contribution < 1.29 is 8.42 Å². The fourth-order valence-electron chi connectivity index (χ4n) is 3.04. The highest BCUT2D eigenvalue weighted by atomic mass is 32.2. The summed E-state index contributed by atoms with van der Waals surface area (Å²) in [6.07, 6.45) is 3.91. The molecule has 0 spiro atoms. The minimum atomic E-state index is -3.66. The lowest BCUT2D eigenvalue weighted by atomic mass is 10.1. The highest BCUT2D eigenvalue weighted by Gasteiger charge is 2.16. The van der Waals surface area contributed by atoms with E-state index in [1.54, 1.807) is 24.3 Å². The maximum atomic E-state index is 12.8. The summed E-state index contributed by atoms with van der Waals surface area (Å²) >= 11 is 0. The van der Waals surface area contributed by atoms with Gasteiger partial charge in [-0.05, 0) is 62.2 Å². The number of rotatable bonds is 4. The maximum Gasteiger partial charge on any atom is 0.261 e. The fraction of sp³-hybridized carbons (Fsp3) is 0.136. The Bertz CT molecular complexity index is 1270.